The fourth-order valence-electron chi connectivity index (χ4n) is 4.72. The van der Waals surface area contributed by atoms with Crippen LogP contribution in [0.15, 0.2) is 53.6 Å². The summed E-state index contributed by atoms with van der Waals surface area (Å²) >= 11 is 0. The summed E-state index contributed by atoms with van der Waals surface area (Å²) in [7, 11) is 0. The van der Waals surface area contributed by atoms with Crippen molar-refractivity contribution in [3.8, 4) is 5.75 Å². The summed E-state index contributed by atoms with van der Waals surface area (Å²) in [5.41, 5.74) is 6.47. The number of aliphatic hydroxyl groups excluding tert-OH is 1. The van der Waals surface area contributed by atoms with Crippen molar-refractivity contribution in [3.05, 3.63) is 59.9 Å². The highest BCUT2D eigenvalue weighted by atomic mass is 16.5. The molecule has 1 fully saturated rings. The van der Waals surface area contributed by atoms with E-state index in [0.717, 1.165) is 53.9 Å². The minimum atomic E-state index is -0.633. The molecule has 9 nitrogen and oxygen atoms in total. The molecule has 38 heavy (non-hydrogen) atoms. The number of para-hydroxylation sites is 2. The number of benzene rings is 2. The number of carbonyl (C=O) groups excluding carboxylic acids is 1. The molecular weight excluding hydrogens is 482 g/mol. The van der Waals surface area contributed by atoms with E-state index in [1.807, 2.05) is 36.4 Å². The SMILES string of the molecule is O=C1CCC(c2nc3ccccc3n2CCNCC(O)COc2ccc(CCOCC3CCC3)cc2)=NN1. The van der Waals surface area contributed by atoms with Crippen molar-refractivity contribution in [2.24, 2.45) is 11.0 Å². The van der Waals surface area contributed by atoms with Crippen molar-refractivity contribution in [2.45, 2.75) is 51.2 Å². The molecule has 202 valence electrons. The van der Waals surface area contributed by atoms with Crippen LogP contribution in [0.2, 0.25) is 0 Å². The van der Waals surface area contributed by atoms with Crippen LogP contribution in [0.3, 0.4) is 0 Å². The maximum absolute atomic E-state index is 11.5. The van der Waals surface area contributed by atoms with Gasteiger partial charge in [-0.05, 0) is 55.0 Å². The summed E-state index contributed by atoms with van der Waals surface area (Å²) in [5, 5.41) is 18.0. The molecule has 1 atom stereocenters. The highest BCUT2D eigenvalue weighted by Crippen LogP contribution is 2.26. The Bertz CT molecular complexity index is 1240. The molecule has 1 aromatic heterocycles. The van der Waals surface area contributed by atoms with Crippen LogP contribution in [0.1, 0.15) is 43.5 Å². The Morgan fingerprint density at radius 3 is 2.74 bits per heavy atom. The van der Waals surface area contributed by atoms with E-state index in [0.29, 0.717) is 32.5 Å². The predicted octanol–water partition coefficient (Wildman–Crippen LogP) is 3.04. The van der Waals surface area contributed by atoms with Crippen molar-refractivity contribution in [1.82, 2.24) is 20.3 Å². The summed E-state index contributed by atoms with van der Waals surface area (Å²) < 4.78 is 13.7. The minimum Gasteiger partial charge on any atom is -0.491 e. The van der Waals surface area contributed by atoms with E-state index >= 15 is 0 Å². The van der Waals surface area contributed by atoms with Crippen molar-refractivity contribution >= 4 is 22.7 Å². The minimum absolute atomic E-state index is 0.0747. The summed E-state index contributed by atoms with van der Waals surface area (Å²) in [6.07, 6.45) is 5.21. The van der Waals surface area contributed by atoms with Gasteiger partial charge >= 0.3 is 0 Å². The predicted molar refractivity (Wildman–Crippen MR) is 146 cm³/mol. The topological polar surface area (TPSA) is 110 Å². The molecule has 9 heteroatoms. The lowest BCUT2D eigenvalue weighted by Gasteiger charge is -2.24. The molecule has 0 bridgehead atoms. The summed E-state index contributed by atoms with van der Waals surface area (Å²) in [4.78, 5) is 16.3. The lowest BCUT2D eigenvalue weighted by atomic mass is 9.86. The van der Waals surface area contributed by atoms with Gasteiger partial charge in [-0.3, -0.25) is 4.79 Å². The van der Waals surface area contributed by atoms with Crippen LogP contribution in [0.5, 0.6) is 5.75 Å². The number of nitrogens with one attached hydrogen (secondary N) is 2. The van der Waals surface area contributed by atoms with Crippen LogP contribution in [-0.2, 0) is 22.5 Å². The van der Waals surface area contributed by atoms with Gasteiger partial charge in [0.2, 0.25) is 5.91 Å². The molecule has 0 saturated heterocycles. The molecule has 2 heterocycles. The second-order valence-electron chi connectivity index (χ2n) is 10.1. The number of hydrogen-bond acceptors (Lipinski definition) is 7. The summed E-state index contributed by atoms with van der Waals surface area (Å²) in [6.45, 7) is 3.57. The Morgan fingerprint density at radius 2 is 1.97 bits per heavy atom. The molecule has 1 aliphatic heterocycles. The third-order valence-electron chi connectivity index (χ3n) is 7.19. The number of rotatable bonds is 14. The normalized spacial score (nSPS) is 16.7. The first kappa shape index (κ1) is 26.3. The second kappa shape index (κ2) is 13.0. The highest BCUT2D eigenvalue weighted by Gasteiger charge is 2.20. The first-order valence-corrected chi connectivity index (χ1v) is 13.6. The Kier molecular flexibility index (Phi) is 9.01. The van der Waals surface area contributed by atoms with Crippen LogP contribution in [0.25, 0.3) is 11.0 Å². The third kappa shape index (κ3) is 6.98. The van der Waals surface area contributed by atoms with Crippen molar-refractivity contribution in [3.63, 3.8) is 0 Å². The van der Waals surface area contributed by atoms with Gasteiger partial charge in [0, 0.05) is 39.1 Å². The number of hydrogen-bond donors (Lipinski definition) is 3. The number of aliphatic hydroxyl groups is 1. The Hall–Kier alpha value is -3.27. The Labute approximate surface area is 223 Å². The Balaban J connectivity index is 1.04. The quantitative estimate of drug-likeness (QED) is 0.283. The number of carbonyl (C=O) groups is 1. The van der Waals surface area contributed by atoms with Gasteiger partial charge in [0.25, 0.3) is 0 Å². The van der Waals surface area contributed by atoms with Gasteiger partial charge in [-0.1, -0.05) is 30.7 Å². The van der Waals surface area contributed by atoms with Crippen molar-refractivity contribution in [2.75, 3.05) is 32.9 Å². The van der Waals surface area contributed by atoms with Gasteiger partial charge in [0.15, 0.2) is 5.82 Å². The van der Waals surface area contributed by atoms with Crippen LogP contribution < -0.4 is 15.5 Å². The van der Waals surface area contributed by atoms with Gasteiger partial charge in [0.05, 0.1) is 17.6 Å². The van der Waals surface area contributed by atoms with Gasteiger partial charge in [0.1, 0.15) is 24.2 Å². The zero-order chi connectivity index (χ0) is 26.2. The Morgan fingerprint density at radius 1 is 1.13 bits per heavy atom. The van der Waals surface area contributed by atoms with E-state index in [-0.39, 0.29) is 12.5 Å². The number of aromatic nitrogens is 2. The molecule has 2 aliphatic rings. The first-order chi connectivity index (χ1) is 18.7. The van der Waals surface area contributed by atoms with E-state index in [1.54, 1.807) is 0 Å². The summed E-state index contributed by atoms with van der Waals surface area (Å²) in [5.74, 6) is 2.22. The molecule has 5 rings (SSSR count). The van der Waals surface area contributed by atoms with Crippen LogP contribution in [0.4, 0.5) is 0 Å². The molecular formula is C29H37N5O4. The maximum Gasteiger partial charge on any atom is 0.240 e. The highest BCUT2D eigenvalue weighted by molar-refractivity contribution is 6.03. The van der Waals surface area contributed by atoms with E-state index in [9.17, 15) is 9.90 Å². The zero-order valence-electron chi connectivity index (χ0n) is 21.8. The van der Waals surface area contributed by atoms with Gasteiger partial charge in [-0.15, -0.1) is 0 Å². The third-order valence-corrected chi connectivity index (χ3v) is 7.19. The van der Waals surface area contributed by atoms with Crippen LogP contribution >= 0.6 is 0 Å². The molecule has 1 aliphatic carbocycles. The monoisotopic (exact) mass is 519 g/mol. The van der Waals surface area contributed by atoms with Crippen molar-refractivity contribution < 1.29 is 19.4 Å². The average molecular weight is 520 g/mol. The second-order valence-corrected chi connectivity index (χ2v) is 10.1. The van der Waals surface area contributed by atoms with Gasteiger partial charge in [-0.25, -0.2) is 10.4 Å². The number of ether oxygens (including phenoxy) is 2. The number of hydrazone groups is 1. The fraction of sp³-hybridized carbons (Fsp3) is 0.483. The smallest absolute Gasteiger partial charge is 0.240 e. The molecule has 3 aromatic rings. The molecule has 2 aromatic carbocycles. The van der Waals surface area contributed by atoms with E-state index < -0.39 is 6.10 Å². The van der Waals surface area contributed by atoms with Gasteiger partial charge < -0.3 is 24.5 Å². The molecule has 3 N–H and O–H groups in total. The van der Waals surface area contributed by atoms with E-state index in [1.165, 1.54) is 24.8 Å². The molecule has 1 amide bonds. The number of fused-ring (bicyclic) bond motifs is 1. The van der Waals surface area contributed by atoms with Gasteiger partial charge in [-0.2, -0.15) is 5.10 Å². The maximum atomic E-state index is 11.5. The summed E-state index contributed by atoms with van der Waals surface area (Å²) in [6, 6.07) is 16.0. The largest absolute Gasteiger partial charge is 0.491 e. The average Bonchev–Trinajstić information content (AvgIpc) is 3.28. The van der Waals surface area contributed by atoms with E-state index in [4.69, 9.17) is 14.5 Å². The standard InChI is InChI=1S/C29H37N5O4/c35-23(20-38-24-10-8-21(9-11-24)14-17-37-19-22-4-3-5-22)18-30-15-16-34-27-7-2-1-6-25(27)31-29(34)26-12-13-28(36)33-32-26/h1-2,6-11,22-23,30,35H,3-5,12-20H2,(H,33,36). The molecule has 1 saturated carbocycles. The number of imidazole rings is 1. The van der Waals surface area contributed by atoms with Crippen molar-refractivity contribution in [1.29, 1.82) is 0 Å². The lowest BCUT2D eigenvalue weighted by molar-refractivity contribution is -0.121. The fourth-order valence-corrected chi connectivity index (χ4v) is 4.72. The van der Waals surface area contributed by atoms with Crippen LogP contribution in [-0.4, -0.2) is 65.3 Å². The molecule has 0 spiro atoms. The number of amides is 1. The zero-order valence-corrected chi connectivity index (χ0v) is 21.8. The molecule has 0 radical (unpaired) electrons. The molecule has 1 unspecified atom stereocenters. The van der Waals surface area contributed by atoms with Crippen LogP contribution in [0, 0.1) is 5.92 Å². The lowest BCUT2D eigenvalue weighted by Crippen LogP contribution is -2.34. The van der Waals surface area contributed by atoms with E-state index in [2.05, 4.69) is 32.5 Å². The first-order valence-electron chi connectivity index (χ1n) is 13.6. The number of nitrogens with zero attached hydrogens (tertiary/aromatic N) is 3.